The van der Waals surface area contributed by atoms with E-state index in [4.69, 9.17) is 4.74 Å². The Labute approximate surface area is 188 Å². The molecule has 5 heteroatoms. The molecule has 0 bridgehead atoms. The lowest BCUT2D eigenvalue weighted by Gasteiger charge is -2.27. The van der Waals surface area contributed by atoms with Gasteiger partial charge in [0.05, 0.1) is 0 Å². The molecule has 0 saturated heterocycles. The summed E-state index contributed by atoms with van der Waals surface area (Å²) in [6.45, 7) is 4.38. The van der Waals surface area contributed by atoms with Crippen molar-refractivity contribution in [3.05, 3.63) is 64.7 Å². The summed E-state index contributed by atoms with van der Waals surface area (Å²) in [5.41, 5.74) is 0.240. The molecule has 2 aromatic rings. The van der Waals surface area contributed by atoms with Gasteiger partial charge in [-0.05, 0) is 78.7 Å². The van der Waals surface area contributed by atoms with Crippen LogP contribution in [0.4, 0.5) is 17.6 Å². The molecule has 0 N–H and O–H groups in total. The molecule has 2 fully saturated rings. The Morgan fingerprint density at radius 3 is 1.78 bits per heavy atom. The summed E-state index contributed by atoms with van der Waals surface area (Å²) in [4.78, 5) is 0. The fourth-order valence-corrected chi connectivity index (χ4v) is 5.28. The summed E-state index contributed by atoms with van der Waals surface area (Å²) in [5, 5.41) is 0. The molecule has 0 heterocycles. The molecule has 2 aromatic carbocycles. The number of hydrogen-bond donors (Lipinski definition) is 0. The molecule has 0 unspecified atom stereocenters. The second-order valence-corrected chi connectivity index (χ2v) is 9.93. The van der Waals surface area contributed by atoms with E-state index in [0.717, 1.165) is 56.1 Å². The van der Waals surface area contributed by atoms with Gasteiger partial charge in [-0.2, -0.15) is 8.78 Å². The molecule has 2 aliphatic rings. The highest BCUT2D eigenvalue weighted by Crippen LogP contribution is 2.41. The van der Waals surface area contributed by atoms with Crippen LogP contribution in [0.2, 0.25) is 0 Å². The van der Waals surface area contributed by atoms with Gasteiger partial charge < -0.3 is 4.74 Å². The quantitative estimate of drug-likeness (QED) is 0.416. The van der Waals surface area contributed by atoms with Crippen LogP contribution < -0.4 is 4.74 Å². The summed E-state index contributed by atoms with van der Waals surface area (Å²) in [6.07, 6.45) is 3.91. The lowest BCUT2D eigenvalue weighted by molar-refractivity contribution is -0.187. The molecule has 4 rings (SSSR count). The zero-order chi connectivity index (χ0) is 22.9. The Kier molecular flexibility index (Phi) is 6.83. The molecule has 1 nitrogen and oxygen atoms in total. The average Bonchev–Trinajstić information content (AvgIpc) is 2.77. The van der Waals surface area contributed by atoms with Gasteiger partial charge in [0.25, 0.3) is 0 Å². The van der Waals surface area contributed by atoms with Crippen LogP contribution in [0.1, 0.15) is 93.7 Å². The Balaban J connectivity index is 1.47. The van der Waals surface area contributed by atoms with E-state index in [-0.39, 0.29) is 17.2 Å². The van der Waals surface area contributed by atoms with E-state index < -0.39 is 23.3 Å². The van der Waals surface area contributed by atoms with Gasteiger partial charge in [-0.3, -0.25) is 0 Å². The van der Waals surface area contributed by atoms with Crippen molar-refractivity contribution in [1.82, 2.24) is 0 Å². The molecule has 0 spiro atoms. The first-order valence-electron chi connectivity index (χ1n) is 11.9. The van der Waals surface area contributed by atoms with Crippen molar-refractivity contribution in [1.29, 1.82) is 0 Å². The molecular formula is C27H32F4O. The summed E-state index contributed by atoms with van der Waals surface area (Å²) < 4.78 is 63.8. The predicted molar refractivity (Wildman–Crippen MR) is 118 cm³/mol. The van der Waals surface area contributed by atoms with E-state index in [1.807, 2.05) is 0 Å². The van der Waals surface area contributed by atoms with Crippen molar-refractivity contribution in [3.8, 4) is 5.75 Å². The van der Waals surface area contributed by atoms with Crippen LogP contribution in [0.5, 0.6) is 5.75 Å². The normalized spacial score (nSPS) is 26.7. The number of benzene rings is 2. The molecule has 0 atom stereocenters. The van der Waals surface area contributed by atoms with Gasteiger partial charge >= 0.3 is 6.11 Å². The number of ether oxygens (including phenoxy) is 1. The number of rotatable bonds is 5. The van der Waals surface area contributed by atoms with Gasteiger partial charge in [0.2, 0.25) is 0 Å². The lowest BCUT2D eigenvalue weighted by Crippen LogP contribution is -2.25. The van der Waals surface area contributed by atoms with Gasteiger partial charge in [0, 0.05) is 0 Å². The van der Waals surface area contributed by atoms with Crippen LogP contribution in [-0.4, -0.2) is 0 Å². The third-order valence-electron chi connectivity index (χ3n) is 7.49. The summed E-state index contributed by atoms with van der Waals surface area (Å²) in [5.74, 6) is -1.15. The molecule has 0 aromatic heterocycles. The Morgan fingerprint density at radius 1 is 0.688 bits per heavy atom. The number of halogens is 4. The molecular weight excluding hydrogens is 416 g/mol. The molecule has 2 aliphatic carbocycles. The van der Waals surface area contributed by atoms with Crippen molar-refractivity contribution in [2.75, 3.05) is 0 Å². The monoisotopic (exact) mass is 448 g/mol. The molecule has 0 aliphatic heterocycles. The SMILES string of the molecule is CC1CCC(c2ccc(OC(F)(F)c3ccc(C4CCC(C)CC4)c(F)c3F)cc2)CC1. The van der Waals surface area contributed by atoms with E-state index in [1.165, 1.54) is 31.0 Å². The average molecular weight is 449 g/mol. The Hall–Kier alpha value is -2.04. The van der Waals surface area contributed by atoms with Gasteiger partial charge in [-0.25, -0.2) is 8.78 Å². The first-order chi connectivity index (χ1) is 15.2. The minimum atomic E-state index is -3.97. The smallest absolute Gasteiger partial charge is 0.429 e. The third-order valence-corrected chi connectivity index (χ3v) is 7.49. The molecule has 174 valence electrons. The Bertz CT molecular complexity index is 908. The van der Waals surface area contributed by atoms with Gasteiger partial charge in [0.15, 0.2) is 11.6 Å². The largest absolute Gasteiger partial charge is 0.429 e. The van der Waals surface area contributed by atoms with Crippen LogP contribution in [-0.2, 0) is 6.11 Å². The van der Waals surface area contributed by atoms with Gasteiger partial charge in [-0.1, -0.05) is 57.7 Å². The van der Waals surface area contributed by atoms with Crippen molar-refractivity contribution >= 4 is 0 Å². The fourth-order valence-electron chi connectivity index (χ4n) is 5.28. The zero-order valence-corrected chi connectivity index (χ0v) is 18.9. The van der Waals surface area contributed by atoms with Crippen molar-refractivity contribution in [3.63, 3.8) is 0 Å². The van der Waals surface area contributed by atoms with Crippen LogP contribution >= 0.6 is 0 Å². The zero-order valence-electron chi connectivity index (χ0n) is 18.9. The summed E-state index contributed by atoms with van der Waals surface area (Å²) in [6, 6.07) is 8.87. The van der Waals surface area contributed by atoms with E-state index in [0.29, 0.717) is 11.8 Å². The topological polar surface area (TPSA) is 9.23 Å². The highest BCUT2D eigenvalue weighted by atomic mass is 19.3. The standard InChI is InChI=1S/C27H32F4O/c1-17-3-7-19(8-4-17)20-11-13-22(14-12-20)32-27(30,31)24-16-15-23(25(28)26(24)29)21-9-5-18(2)6-10-21/h11-19,21H,3-10H2,1-2H3. The second-order valence-electron chi connectivity index (χ2n) is 9.93. The molecule has 0 radical (unpaired) electrons. The molecule has 0 amide bonds. The third kappa shape index (κ3) is 4.97. The van der Waals surface area contributed by atoms with E-state index >= 15 is 0 Å². The summed E-state index contributed by atoms with van der Waals surface area (Å²) in [7, 11) is 0. The fraction of sp³-hybridized carbons (Fsp3) is 0.556. The van der Waals surface area contributed by atoms with Crippen molar-refractivity contribution < 1.29 is 22.3 Å². The van der Waals surface area contributed by atoms with Gasteiger partial charge in [-0.15, -0.1) is 0 Å². The van der Waals surface area contributed by atoms with Crippen LogP contribution in [0, 0.1) is 23.5 Å². The van der Waals surface area contributed by atoms with Crippen LogP contribution in [0.25, 0.3) is 0 Å². The highest BCUT2D eigenvalue weighted by molar-refractivity contribution is 5.34. The van der Waals surface area contributed by atoms with Crippen LogP contribution in [0.3, 0.4) is 0 Å². The summed E-state index contributed by atoms with van der Waals surface area (Å²) >= 11 is 0. The van der Waals surface area contributed by atoms with E-state index in [2.05, 4.69) is 13.8 Å². The first kappa shape index (κ1) is 23.1. The van der Waals surface area contributed by atoms with Crippen molar-refractivity contribution in [2.24, 2.45) is 11.8 Å². The number of alkyl halides is 2. The minimum absolute atomic E-state index is 0.0620. The minimum Gasteiger partial charge on any atom is -0.429 e. The second kappa shape index (κ2) is 9.44. The van der Waals surface area contributed by atoms with Crippen LogP contribution in [0.15, 0.2) is 36.4 Å². The Morgan fingerprint density at radius 2 is 1.22 bits per heavy atom. The molecule has 2 saturated carbocycles. The number of hydrogen-bond acceptors (Lipinski definition) is 1. The maximum absolute atomic E-state index is 14.8. The van der Waals surface area contributed by atoms with Crippen molar-refractivity contribution in [2.45, 2.75) is 83.2 Å². The predicted octanol–water partition coefficient (Wildman–Crippen LogP) is 8.68. The highest BCUT2D eigenvalue weighted by Gasteiger charge is 2.40. The first-order valence-corrected chi connectivity index (χ1v) is 11.9. The molecule has 32 heavy (non-hydrogen) atoms. The maximum atomic E-state index is 14.8. The van der Waals surface area contributed by atoms with Gasteiger partial charge in [0.1, 0.15) is 11.3 Å². The van der Waals surface area contributed by atoms with E-state index in [9.17, 15) is 17.6 Å². The maximum Gasteiger partial charge on any atom is 0.429 e. The lowest BCUT2D eigenvalue weighted by atomic mass is 9.79. The van der Waals surface area contributed by atoms with E-state index in [1.54, 1.807) is 12.1 Å².